The summed E-state index contributed by atoms with van der Waals surface area (Å²) in [5.74, 6) is 0.679. The second-order valence-electron chi connectivity index (χ2n) is 6.83. The molecule has 0 bridgehead atoms. The molecule has 0 spiro atoms. The van der Waals surface area contributed by atoms with Crippen molar-refractivity contribution < 1.29 is 14.7 Å². The van der Waals surface area contributed by atoms with E-state index in [0.717, 1.165) is 30.0 Å². The summed E-state index contributed by atoms with van der Waals surface area (Å²) in [6.45, 7) is 2.73. The lowest BCUT2D eigenvalue weighted by atomic mass is 9.87. The number of nitrogens with one attached hydrogen (secondary N) is 3. The smallest absolute Gasteiger partial charge is 0.239 e. The summed E-state index contributed by atoms with van der Waals surface area (Å²) in [7, 11) is 0. The topological polar surface area (TPSA) is 90.5 Å². The fraction of sp³-hybridized carbons (Fsp3) is 0.579. The highest BCUT2D eigenvalue weighted by Gasteiger charge is 2.19. The molecule has 25 heavy (non-hydrogen) atoms. The summed E-state index contributed by atoms with van der Waals surface area (Å²) in [6, 6.07) is 7.77. The van der Waals surface area contributed by atoms with Crippen LogP contribution in [0.3, 0.4) is 0 Å². The Labute approximate surface area is 149 Å². The largest absolute Gasteiger partial charge is 0.395 e. The Morgan fingerprint density at radius 3 is 2.40 bits per heavy atom. The maximum Gasteiger partial charge on any atom is 0.239 e. The fourth-order valence-corrected chi connectivity index (χ4v) is 3.05. The Kier molecular flexibility index (Phi) is 7.73. The number of hydrogen-bond donors (Lipinski definition) is 4. The van der Waals surface area contributed by atoms with Gasteiger partial charge in [-0.2, -0.15) is 0 Å². The van der Waals surface area contributed by atoms with Crippen LogP contribution < -0.4 is 16.0 Å². The van der Waals surface area contributed by atoms with Gasteiger partial charge in [0.05, 0.1) is 19.6 Å². The van der Waals surface area contributed by atoms with Crippen LogP contribution in [0.1, 0.15) is 38.2 Å². The maximum absolute atomic E-state index is 12.0. The van der Waals surface area contributed by atoms with Crippen LogP contribution in [0.15, 0.2) is 24.3 Å². The third-order valence-corrected chi connectivity index (χ3v) is 4.59. The molecule has 0 aromatic heterocycles. The zero-order chi connectivity index (χ0) is 18.1. The van der Waals surface area contributed by atoms with Gasteiger partial charge in [-0.25, -0.2) is 0 Å². The normalized spacial score (nSPS) is 19.9. The lowest BCUT2D eigenvalue weighted by molar-refractivity contribution is -0.121. The van der Waals surface area contributed by atoms with Crippen molar-refractivity contribution >= 4 is 17.5 Å². The van der Waals surface area contributed by atoms with Crippen LogP contribution >= 0.6 is 0 Å². The number of aliphatic hydroxyl groups excluding tert-OH is 1. The third-order valence-electron chi connectivity index (χ3n) is 4.59. The van der Waals surface area contributed by atoms with Crippen molar-refractivity contribution in [2.24, 2.45) is 5.92 Å². The van der Waals surface area contributed by atoms with E-state index in [-0.39, 0.29) is 37.9 Å². The van der Waals surface area contributed by atoms with Gasteiger partial charge in [-0.15, -0.1) is 0 Å². The van der Waals surface area contributed by atoms with Gasteiger partial charge in [-0.3, -0.25) is 9.59 Å². The molecule has 0 radical (unpaired) electrons. The zero-order valence-corrected chi connectivity index (χ0v) is 14.9. The first-order chi connectivity index (χ1) is 12.1. The molecular formula is C19H29N3O3. The number of hydrogen-bond acceptors (Lipinski definition) is 4. The number of carbonyl (C=O) groups is 2. The van der Waals surface area contributed by atoms with Gasteiger partial charge in [0.25, 0.3) is 0 Å². The molecule has 1 fully saturated rings. The Bertz CT molecular complexity index is 552. The van der Waals surface area contributed by atoms with E-state index in [4.69, 9.17) is 5.11 Å². The molecule has 6 heteroatoms. The van der Waals surface area contributed by atoms with Crippen molar-refractivity contribution in [3.63, 3.8) is 0 Å². The minimum Gasteiger partial charge on any atom is -0.395 e. The van der Waals surface area contributed by atoms with Gasteiger partial charge in [-0.05, 0) is 49.3 Å². The molecule has 1 aliphatic rings. The lowest BCUT2D eigenvalue weighted by Gasteiger charge is -2.27. The van der Waals surface area contributed by atoms with Crippen molar-refractivity contribution in [1.82, 2.24) is 10.6 Å². The fourth-order valence-electron chi connectivity index (χ4n) is 3.05. The molecule has 1 aliphatic carbocycles. The van der Waals surface area contributed by atoms with Gasteiger partial charge in [-0.1, -0.05) is 19.1 Å². The first kappa shape index (κ1) is 19.2. The highest BCUT2D eigenvalue weighted by Crippen LogP contribution is 2.23. The van der Waals surface area contributed by atoms with Crippen LogP contribution in [0.25, 0.3) is 0 Å². The van der Waals surface area contributed by atoms with Gasteiger partial charge < -0.3 is 21.1 Å². The van der Waals surface area contributed by atoms with Gasteiger partial charge in [0.15, 0.2) is 0 Å². The minimum atomic E-state index is -0.115. The summed E-state index contributed by atoms with van der Waals surface area (Å²) in [5, 5.41) is 17.5. The van der Waals surface area contributed by atoms with E-state index in [2.05, 4.69) is 22.9 Å². The summed E-state index contributed by atoms with van der Waals surface area (Å²) in [4.78, 5) is 23.6. The quantitative estimate of drug-likeness (QED) is 0.573. The Balaban J connectivity index is 1.70. The predicted octanol–water partition coefficient (Wildman–Crippen LogP) is 1.44. The van der Waals surface area contributed by atoms with E-state index in [1.807, 2.05) is 24.3 Å². The molecule has 6 nitrogen and oxygen atoms in total. The van der Waals surface area contributed by atoms with Crippen LogP contribution in [0.2, 0.25) is 0 Å². The van der Waals surface area contributed by atoms with Crippen LogP contribution in [-0.4, -0.2) is 42.7 Å². The number of carbonyl (C=O) groups excluding carboxylic acids is 2. The number of amides is 2. The molecule has 1 aromatic rings. The van der Waals surface area contributed by atoms with E-state index >= 15 is 0 Å². The number of rotatable bonds is 8. The molecule has 138 valence electrons. The molecule has 2 rings (SSSR count). The number of benzene rings is 1. The van der Waals surface area contributed by atoms with E-state index in [1.54, 1.807) is 0 Å². The first-order valence-corrected chi connectivity index (χ1v) is 9.06. The predicted molar refractivity (Wildman–Crippen MR) is 98.3 cm³/mol. The lowest BCUT2D eigenvalue weighted by Crippen LogP contribution is -2.40. The van der Waals surface area contributed by atoms with Gasteiger partial charge in [0.2, 0.25) is 11.8 Å². The average Bonchev–Trinajstić information content (AvgIpc) is 2.61. The molecule has 0 heterocycles. The highest BCUT2D eigenvalue weighted by atomic mass is 16.3. The van der Waals surface area contributed by atoms with E-state index in [1.165, 1.54) is 12.8 Å². The Morgan fingerprint density at radius 1 is 1.08 bits per heavy atom. The Morgan fingerprint density at radius 2 is 1.76 bits per heavy atom. The molecule has 0 saturated heterocycles. The van der Waals surface area contributed by atoms with Crippen molar-refractivity contribution in [1.29, 1.82) is 0 Å². The van der Waals surface area contributed by atoms with Gasteiger partial charge in [0, 0.05) is 18.3 Å². The molecule has 0 aliphatic heterocycles. The SMILES string of the molecule is CC1CCC(NC(=O)CNc2ccc(CC(=O)NCCO)cc2)CC1. The van der Waals surface area contributed by atoms with Crippen molar-refractivity contribution in [2.75, 3.05) is 25.0 Å². The Hall–Kier alpha value is -2.08. The van der Waals surface area contributed by atoms with Crippen molar-refractivity contribution in [3.05, 3.63) is 29.8 Å². The van der Waals surface area contributed by atoms with E-state index < -0.39 is 0 Å². The molecular weight excluding hydrogens is 318 g/mol. The molecule has 1 aromatic carbocycles. The van der Waals surface area contributed by atoms with Crippen LogP contribution in [0.5, 0.6) is 0 Å². The zero-order valence-electron chi connectivity index (χ0n) is 14.9. The summed E-state index contributed by atoms with van der Waals surface area (Å²) in [6.07, 6.45) is 4.79. The molecule has 0 unspecified atom stereocenters. The summed E-state index contributed by atoms with van der Waals surface area (Å²) in [5.41, 5.74) is 1.74. The van der Waals surface area contributed by atoms with Crippen LogP contribution in [0.4, 0.5) is 5.69 Å². The van der Waals surface area contributed by atoms with Crippen molar-refractivity contribution in [2.45, 2.75) is 45.1 Å². The number of aliphatic hydroxyl groups is 1. The standard InChI is InChI=1S/C19H29N3O3/c1-14-2-6-17(7-3-14)22-19(25)13-21-16-8-4-15(5-9-16)12-18(24)20-10-11-23/h4-5,8-9,14,17,21,23H,2-3,6-7,10-13H2,1H3,(H,20,24)(H,22,25). The third kappa shape index (κ3) is 7.13. The maximum atomic E-state index is 12.0. The minimum absolute atomic E-state index is 0.0204. The summed E-state index contributed by atoms with van der Waals surface area (Å²) < 4.78 is 0. The molecule has 2 amide bonds. The first-order valence-electron chi connectivity index (χ1n) is 9.06. The van der Waals surface area contributed by atoms with Crippen LogP contribution in [0, 0.1) is 5.92 Å². The second-order valence-corrected chi connectivity index (χ2v) is 6.83. The molecule has 4 N–H and O–H groups in total. The van der Waals surface area contributed by atoms with E-state index in [0.29, 0.717) is 6.04 Å². The highest BCUT2D eigenvalue weighted by molar-refractivity contribution is 5.81. The monoisotopic (exact) mass is 347 g/mol. The average molecular weight is 347 g/mol. The molecule has 1 saturated carbocycles. The second kappa shape index (κ2) is 10.0. The number of anilines is 1. The van der Waals surface area contributed by atoms with E-state index in [9.17, 15) is 9.59 Å². The van der Waals surface area contributed by atoms with Gasteiger partial charge >= 0.3 is 0 Å². The summed E-state index contributed by atoms with van der Waals surface area (Å²) >= 11 is 0. The van der Waals surface area contributed by atoms with Crippen LogP contribution in [-0.2, 0) is 16.0 Å². The molecule has 0 atom stereocenters. The van der Waals surface area contributed by atoms with Gasteiger partial charge in [0.1, 0.15) is 0 Å². The van der Waals surface area contributed by atoms with Crippen molar-refractivity contribution in [3.8, 4) is 0 Å².